The first-order valence-corrected chi connectivity index (χ1v) is 7.41. The van der Waals surface area contributed by atoms with Gasteiger partial charge < -0.3 is 10.6 Å². The summed E-state index contributed by atoms with van der Waals surface area (Å²) < 4.78 is 25.6. The topological polar surface area (TPSA) is 75.4 Å². The predicted octanol–water partition coefficient (Wildman–Crippen LogP) is 1.41. The highest BCUT2D eigenvalue weighted by molar-refractivity contribution is 7.89. The number of hydrogen-bond donors (Lipinski definition) is 2. The zero-order valence-electron chi connectivity index (χ0n) is 11.3. The monoisotopic (exact) mass is 271 g/mol. The van der Waals surface area contributed by atoms with Gasteiger partial charge in [0, 0.05) is 12.6 Å². The summed E-state index contributed by atoms with van der Waals surface area (Å²) in [4.78, 5) is 2.30. The van der Waals surface area contributed by atoms with Crippen molar-refractivity contribution < 1.29 is 8.42 Å². The molecule has 102 valence electrons. The molecule has 0 aliphatic heterocycles. The summed E-state index contributed by atoms with van der Waals surface area (Å²) in [6, 6.07) is 5.13. The lowest BCUT2D eigenvalue weighted by molar-refractivity contribution is 0.588. The fourth-order valence-electron chi connectivity index (χ4n) is 1.89. The summed E-state index contributed by atoms with van der Waals surface area (Å²) in [5.74, 6) is 0. The smallest absolute Gasteiger partial charge is 0.240 e. The molecule has 0 radical (unpaired) electrons. The molecule has 0 aliphatic carbocycles. The zero-order valence-corrected chi connectivity index (χ0v) is 12.1. The standard InChI is InChI=1S/C12H21N3O2S/c1-5-15(9(2)3)12-7-6-10(8-11(12)13)18(16,17)14-4/h6-9,14H,5,13H2,1-4H3. The molecule has 0 aromatic heterocycles. The van der Waals surface area contributed by atoms with E-state index in [9.17, 15) is 8.42 Å². The van der Waals surface area contributed by atoms with Gasteiger partial charge in [-0.3, -0.25) is 0 Å². The summed E-state index contributed by atoms with van der Waals surface area (Å²) in [7, 11) is -2.06. The van der Waals surface area contributed by atoms with Gasteiger partial charge in [-0.25, -0.2) is 13.1 Å². The molecular formula is C12H21N3O2S. The number of hydrogen-bond acceptors (Lipinski definition) is 4. The van der Waals surface area contributed by atoms with Crippen molar-refractivity contribution in [3.8, 4) is 0 Å². The Morgan fingerprint density at radius 2 is 2.00 bits per heavy atom. The highest BCUT2D eigenvalue weighted by atomic mass is 32.2. The normalized spacial score (nSPS) is 11.8. The molecule has 5 nitrogen and oxygen atoms in total. The van der Waals surface area contributed by atoms with Gasteiger partial charge in [0.25, 0.3) is 0 Å². The van der Waals surface area contributed by atoms with E-state index >= 15 is 0 Å². The molecule has 1 aromatic rings. The van der Waals surface area contributed by atoms with Crippen molar-refractivity contribution in [2.75, 3.05) is 24.2 Å². The Kier molecular flexibility index (Phi) is 4.59. The Balaban J connectivity index is 3.22. The molecule has 1 rings (SSSR count). The van der Waals surface area contributed by atoms with Crippen LogP contribution in [-0.4, -0.2) is 28.1 Å². The van der Waals surface area contributed by atoms with Gasteiger partial charge in [0.1, 0.15) is 0 Å². The molecule has 0 atom stereocenters. The molecule has 1 aromatic carbocycles. The maximum Gasteiger partial charge on any atom is 0.240 e. The van der Waals surface area contributed by atoms with Gasteiger partial charge in [0.2, 0.25) is 10.0 Å². The lowest BCUT2D eigenvalue weighted by Gasteiger charge is -2.28. The predicted molar refractivity (Wildman–Crippen MR) is 75.3 cm³/mol. The van der Waals surface area contributed by atoms with Crippen molar-refractivity contribution in [2.24, 2.45) is 0 Å². The van der Waals surface area contributed by atoms with Crippen LogP contribution in [0.15, 0.2) is 23.1 Å². The third-order valence-electron chi connectivity index (χ3n) is 2.85. The average Bonchev–Trinajstić information content (AvgIpc) is 2.31. The summed E-state index contributed by atoms with van der Waals surface area (Å²) in [5, 5.41) is 0. The van der Waals surface area contributed by atoms with Crippen LogP contribution in [0.2, 0.25) is 0 Å². The molecule has 0 bridgehead atoms. The number of nitrogens with one attached hydrogen (secondary N) is 1. The Hall–Kier alpha value is -1.27. The first-order chi connectivity index (χ1) is 8.33. The van der Waals surface area contributed by atoms with Crippen LogP contribution < -0.4 is 15.4 Å². The minimum absolute atomic E-state index is 0.186. The van der Waals surface area contributed by atoms with Crippen LogP contribution in [0.3, 0.4) is 0 Å². The molecule has 0 saturated carbocycles. The van der Waals surface area contributed by atoms with Crippen LogP contribution in [0.1, 0.15) is 20.8 Å². The minimum Gasteiger partial charge on any atom is -0.397 e. The first-order valence-electron chi connectivity index (χ1n) is 5.93. The second kappa shape index (κ2) is 5.58. The summed E-state index contributed by atoms with van der Waals surface area (Å²) in [6.45, 7) is 7.00. The Bertz CT molecular complexity index is 512. The van der Waals surface area contributed by atoms with Crippen molar-refractivity contribution in [1.29, 1.82) is 0 Å². The van der Waals surface area contributed by atoms with Crippen LogP contribution in [0, 0.1) is 0 Å². The largest absolute Gasteiger partial charge is 0.397 e. The highest BCUT2D eigenvalue weighted by Gasteiger charge is 2.16. The van der Waals surface area contributed by atoms with E-state index in [4.69, 9.17) is 5.73 Å². The third-order valence-corrected chi connectivity index (χ3v) is 4.26. The second-order valence-electron chi connectivity index (χ2n) is 4.31. The van der Waals surface area contributed by atoms with E-state index in [1.54, 1.807) is 12.1 Å². The molecule has 0 saturated heterocycles. The third kappa shape index (κ3) is 2.94. The van der Waals surface area contributed by atoms with Gasteiger partial charge in [0.15, 0.2) is 0 Å². The van der Waals surface area contributed by atoms with E-state index in [1.807, 2.05) is 6.92 Å². The number of rotatable bonds is 5. The number of nitrogen functional groups attached to an aromatic ring is 1. The van der Waals surface area contributed by atoms with Crippen molar-refractivity contribution >= 4 is 21.4 Å². The number of nitrogens with two attached hydrogens (primary N) is 1. The van der Waals surface area contributed by atoms with Crippen LogP contribution in [0.5, 0.6) is 0 Å². The van der Waals surface area contributed by atoms with Crippen LogP contribution in [0.25, 0.3) is 0 Å². The van der Waals surface area contributed by atoms with E-state index in [-0.39, 0.29) is 4.90 Å². The number of benzene rings is 1. The molecule has 18 heavy (non-hydrogen) atoms. The van der Waals surface area contributed by atoms with Gasteiger partial charge >= 0.3 is 0 Å². The van der Waals surface area contributed by atoms with Gasteiger partial charge in [-0.1, -0.05) is 0 Å². The number of sulfonamides is 1. The van der Waals surface area contributed by atoms with Crippen molar-refractivity contribution in [3.05, 3.63) is 18.2 Å². The molecule has 0 spiro atoms. The first kappa shape index (κ1) is 14.8. The average molecular weight is 271 g/mol. The molecule has 0 fully saturated rings. The SMILES string of the molecule is CCN(c1ccc(S(=O)(=O)NC)cc1N)C(C)C. The van der Waals surface area contributed by atoms with Gasteiger partial charge in [0.05, 0.1) is 16.3 Å². The van der Waals surface area contributed by atoms with E-state index in [1.165, 1.54) is 13.1 Å². The van der Waals surface area contributed by atoms with Crippen LogP contribution in [0.4, 0.5) is 11.4 Å². The zero-order chi connectivity index (χ0) is 13.9. The highest BCUT2D eigenvalue weighted by Crippen LogP contribution is 2.27. The maximum absolute atomic E-state index is 11.7. The van der Waals surface area contributed by atoms with Crippen LogP contribution in [-0.2, 0) is 10.0 Å². The number of anilines is 2. The molecule has 0 aliphatic rings. The Labute approximate surface area is 109 Å². The molecule has 3 N–H and O–H groups in total. The van der Waals surface area contributed by atoms with Gasteiger partial charge in [-0.2, -0.15) is 0 Å². The summed E-state index contributed by atoms with van der Waals surface area (Å²) in [5.41, 5.74) is 7.29. The molecule has 0 heterocycles. The van der Waals surface area contributed by atoms with E-state index in [0.29, 0.717) is 11.7 Å². The summed E-state index contributed by atoms with van der Waals surface area (Å²) in [6.07, 6.45) is 0. The molecule has 6 heteroatoms. The van der Waals surface area contributed by atoms with E-state index < -0.39 is 10.0 Å². The van der Waals surface area contributed by atoms with Gasteiger partial charge in [-0.15, -0.1) is 0 Å². The number of nitrogens with zero attached hydrogens (tertiary/aromatic N) is 1. The van der Waals surface area contributed by atoms with Crippen molar-refractivity contribution in [3.63, 3.8) is 0 Å². The quantitative estimate of drug-likeness (QED) is 0.794. The van der Waals surface area contributed by atoms with E-state index in [0.717, 1.165) is 12.2 Å². The maximum atomic E-state index is 11.7. The molecule has 0 unspecified atom stereocenters. The molecule has 0 amide bonds. The second-order valence-corrected chi connectivity index (χ2v) is 6.19. The van der Waals surface area contributed by atoms with E-state index in [2.05, 4.69) is 23.5 Å². The fourth-order valence-corrected chi connectivity index (χ4v) is 2.66. The lowest BCUT2D eigenvalue weighted by atomic mass is 10.2. The minimum atomic E-state index is -3.44. The van der Waals surface area contributed by atoms with Crippen molar-refractivity contribution in [2.45, 2.75) is 31.7 Å². The van der Waals surface area contributed by atoms with Crippen LogP contribution >= 0.6 is 0 Å². The lowest BCUT2D eigenvalue weighted by Crippen LogP contribution is -2.31. The Morgan fingerprint density at radius 3 is 2.39 bits per heavy atom. The fraction of sp³-hybridized carbons (Fsp3) is 0.500. The molecular weight excluding hydrogens is 250 g/mol. The summed E-state index contributed by atoms with van der Waals surface area (Å²) >= 11 is 0. The van der Waals surface area contributed by atoms with Crippen molar-refractivity contribution in [1.82, 2.24) is 4.72 Å². The van der Waals surface area contributed by atoms with Gasteiger partial charge in [-0.05, 0) is 46.0 Å². The Morgan fingerprint density at radius 1 is 1.39 bits per heavy atom.